The highest BCUT2D eigenvalue weighted by Gasteiger charge is 2.32. The maximum atomic E-state index is 5.64. The summed E-state index contributed by atoms with van der Waals surface area (Å²) in [4.78, 5) is 2.71. The van der Waals surface area contributed by atoms with Crippen molar-refractivity contribution in [3.8, 4) is 0 Å². The third-order valence-electron chi connectivity index (χ3n) is 4.12. The minimum Gasteiger partial charge on any atom is -0.378 e. The van der Waals surface area contributed by atoms with Gasteiger partial charge in [-0.1, -0.05) is 6.92 Å². The molecule has 2 fully saturated rings. The molecular weight excluding hydrogens is 200 g/mol. The second-order valence-corrected chi connectivity index (χ2v) is 5.42. The van der Waals surface area contributed by atoms with Crippen LogP contribution in [0.1, 0.15) is 40.0 Å². The van der Waals surface area contributed by atoms with E-state index in [2.05, 4.69) is 31.0 Å². The first-order valence-electron chi connectivity index (χ1n) is 6.81. The van der Waals surface area contributed by atoms with Crippen LogP contribution >= 0.6 is 0 Å². The summed E-state index contributed by atoms with van der Waals surface area (Å²) in [7, 11) is 0. The quantitative estimate of drug-likeness (QED) is 0.774. The first-order valence-corrected chi connectivity index (χ1v) is 6.81. The lowest BCUT2D eigenvalue weighted by Crippen LogP contribution is -2.59. The molecule has 2 heterocycles. The van der Waals surface area contributed by atoms with Crippen molar-refractivity contribution in [2.45, 2.75) is 64.3 Å². The molecule has 94 valence electrons. The van der Waals surface area contributed by atoms with Gasteiger partial charge in [0.2, 0.25) is 0 Å². The topological polar surface area (TPSA) is 24.5 Å². The van der Waals surface area contributed by atoms with E-state index in [1.807, 2.05) is 0 Å². The second kappa shape index (κ2) is 5.48. The smallest absolute Gasteiger partial charge is 0.0561 e. The second-order valence-electron chi connectivity index (χ2n) is 5.42. The Morgan fingerprint density at radius 2 is 2.19 bits per heavy atom. The Balaban J connectivity index is 1.94. The van der Waals surface area contributed by atoms with Gasteiger partial charge in [0, 0.05) is 37.8 Å². The molecule has 0 radical (unpaired) electrons. The lowest BCUT2D eigenvalue weighted by molar-refractivity contribution is -0.0353. The third kappa shape index (κ3) is 2.76. The molecule has 1 N–H and O–H groups in total. The first-order chi connectivity index (χ1) is 7.70. The molecule has 0 aromatic carbocycles. The van der Waals surface area contributed by atoms with E-state index in [-0.39, 0.29) is 0 Å². The number of rotatable bonds is 2. The van der Waals surface area contributed by atoms with Crippen LogP contribution < -0.4 is 5.32 Å². The van der Waals surface area contributed by atoms with Crippen molar-refractivity contribution < 1.29 is 4.74 Å². The minimum atomic E-state index is 0.445. The zero-order valence-electron chi connectivity index (χ0n) is 10.9. The van der Waals surface area contributed by atoms with Crippen LogP contribution in [-0.2, 0) is 4.74 Å². The van der Waals surface area contributed by atoms with Gasteiger partial charge in [-0.15, -0.1) is 0 Å². The fourth-order valence-electron chi connectivity index (χ4n) is 3.01. The summed E-state index contributed by atoms with van der Waals surface area (Å²) in [5.41, 5.74) is 0. The van der Waals surface area contributed by atoms with Gasteiger partial charge in [0.1, 0.15) is 0 Å². The average Bonchev–Trinajstić information content (AvgIpc) is 2.30. The van der Waals surface area contributed by atoms with Crippen molar-refractivity contribution in [2.24, 2.45) is 0 Å². The van der Waals surface area contributed by atoms with Crippen molar-refractivity contribution in [3.05, 3.63) is 0 Å². The summed E-state index contributed by atoms with van der Waals surface area (Å²) in [6.07, 6.45) is 4.11. The number of hydrogen-bond donors (Lipinski definition) is 1. The van der Waals surface area contributed by atoms with E-state index in [1.54, 1.807) is 0 Å². The molecule has 4 atom stereocenters. The highest BCUT2D eigenvalue weighted by molar-refractivity contribution is 4.89. The molecule has 0 aromatic rings. The fraction of sp³-hybridized carbons (Fsp3) is 1.00. The lowest BCUT2D eigenvalue weighted by Gasteiger charge is -2.45. The molecule has 2 rings (SSSR count). The molecule has 2 aliphatic rings. The largest absolute Gasteiger partial charge is 0.378 e. The molecule has 4 unspecified atom stereocenters. The predicted octanol–water partition coefficient (Wildman–Crippen LogP) is 1.63. The van der Waals surface area contributed by atoms with Gasteiger partial charge < -0.3 is 10.1 Å². The van der Waals surface area contributed by atoms with E-state index in [4.69, 9.17) is 4.74 Å². The van der Waals surface area contributed by atoms with E-state index in [1.165, 1.54) is 25.8 Å². The van der Waals surface area contributed by atoms with E-state index < -0.39 is 0 Å². The van der Waals surface area contributed by atoms with Crippen molar-refractivity contribution in [3.63, 3.8) is 0 Å². The highest BCUT2D eigenvalue weighted by Crippen LogP contribution is 2.23. The Morgan fingerprint density at radius 1 is 1.38 bits per heavy atom. The van der Waals surface area contributed by atoms with Crippen LogP contribution in [0.15, 0.2) is 0 Å². The number of piperazine rings is 1. The zero-order valence-corrected chi connectivity index (χ0v) is 10.9. The molecule has 0 bridgehead atoms. The molecule has 3 heteroatoms. The van der Waals surface area contributed by atoms with Gasteiger partial charge in [0.05, 0.1) is 6.10 Å². The van der Waals surface area contributed by atoms with Crippen LogP contribution in [0.5, 0.6) is 0 Å². The Morgan fingerprint density at radius 3 is 2.88 bits per heavy atom. The minimum absolute atomic E-state index is 0.445. The van der Waals surface area contributed by atoms with E-state index in [0.29, 0.717) is 18.2 Å². The van der Waals surface area contributed by atoms with E-state index in [9.17, 15) is 0 Å². The molecule has 0 amide bonds. The van der Waals surface area contributed by atoms with E-state index in [0.717, 1.165) is 19.2 Å². The summed E-state index contributed by atoms with van der Waals surface area (Å²) in [5, 5.41) is 3.63. The van der Waals surface area contributed by atoms with Crippen LogP contribution in [-0.4, -0.2) is 48.8 Å². The molecular formula is C13H26N2O. The van der Waals surface area contributed by atoms with Gasteiger partial charge in [0.15, 0.2) is 0 Å². The highest BCUT2D eigenvalue weighted by atomic mass is 16.5. The summed E-state index contributed by atoms with van der Waals surface area (Å²) in [6.45, 7) is 10.1. The Labute approximate surface area is 99.5 Å². The Hall–Kier alpha value is -0.120. The summed E-state index contributed by atoms with van der Waals surface area (Å²) in [6, 6.07) is 2.11. The number of ether oxygens (including phenoxy) is 1. The summed E-state index contributed by atoms with van der Waals surface area (Å²) >= 11 is 0. The van der Waals surface area contributed by atoms with Gasteiger partial charge in [0.25, 0.3) is 0 Å². The fourth-order valence-corrected chi connectivity index (χ4v) is 3.01. The standard InChI is InChI=1S/C13H26N2O/c1-4-12-9-15(10(2)8-14-12)13-5-6-16-11(3)7-13/h10-14H,4-9H2,1-3H3. The number of nitrogens with zero attached hydrogens (tertiary/aromatic N) is 1. The normalized spacial score (nSPS) is 42.2. The van der Waals surface area contributed by atoms with Gasteiger partial charge >= 0.3 is 0 Å². The summed E-state index contributed by atoms with van der Waals surface area (Å²) < 4.78 is 5.64. The maximum absolute atomic E-state index is 5.64. The van der Waals surface area contributed by atoms with Crippen LogP contribution in [0.3, 0.4) is 0 Å². The number of nitrogens with one attached hydrogen (secondary N) is 1. The Bertz CT molecular complexity index is 222. The zero-order chi connectivity index (χ0) is 11.5. The van der Waals surface area contributed by atoms with Crippen molar-refractivity contribution in [1.29, 1.82) is 0 Å². The van der Waals surface area contributed by atoms with E-state index >= 15 is 0 Å². The van der Waals surface area contributed by atoms with Crippen LogP contribution in [0.4, 0.5) is 0 Å². The van der Waals surface area contributed by atoms with Gasteiger partial charge in [-0.25, -0.2) is 0 Å². The number of hydrogen-bond acceptors (Lipinski definition) is 3. The van der Waals surface area contributed by atoms with Crippen molar-refractivity contribution >= 4 is 0 Å². The predicted molar refractivity (Wildman–Crippen MR) is 66.7 cm³/mol. The Kier molecular flexibility index (Phi) is 4.22. The van der Waals surface area contributed by atoms with Crippen LogP contribution in [0.2, 0.25) is 0 Å². The molecule has 0 spiro atoms. The molecule has 0 aliphatic carbocycles. The maximum Gasteiger partial charge on any atom is 0.0561 e. The molecule has 2 aliphatic heterocycles. The average molecular weight is 226 g/mol. The monoisotopic (exact) mass is 226 g/mol. The molecule has 2 saturated heterocycles. The summed E-state index contributed by atoms with van der Waals surface area (Å²) in [5.74, 6) is 0. The molecule has 16 heavy (non-hydrogen) atoms. The van der Waals surface area contributed by atoms with Crippen molar-refractivity contribution in [2.75, 3.05) is 19.7 Å². The van der Waals surface area contributed by atoms with Gasteiger partial charge in [-0.2, -0.15) is 0 Å². The molecule has 0 saturated carbocycles. The van der Waals surface area contributed by atoms with Crippen molar-refractivity contribution in [1.82, 2.24) is 10.2 Å². The van der Waals surface area contributed by atoms with Crippen LogP contribution in [0.25, 0.3) is 0 Å². The SMILES string of the molecule is CCC1CN(C2CCOC(C)C2)C(C)CN1. The van der Waals surface area contributed by atoms with Crippen LogP contribution in [0, 0.1) is 0 Å². The molecule has 3 nitrogen and oxygen atoms in total. The first kappa shape index (κ1) is 12.3. The van der Waals surface area contributed by atoms with Gasteiger partial charge in [-0.3, -0.25) is 4.90 Å². The third-order valence-corrected chi connectivity index (χ3v) is 4.12. The van der Waals surface area contributed by atoms with Gasteiger partial charge in [-0.05, 0) is 33.1 Å². The molecule has 0 aromatic heterocycles. The lowest BCUT2D eigenvalue weighted by atomic mass is 9.97.